The predicted molar refractivity (Wildman–Crippen MR) is 73.5 cm³/mol. The van der Waals surface area contributed by atoms with E-state index in [0.29, 0.717) is 12.0 Å². The van der Waals surface area contributed by atoms with Gasteiger partial charge in [-0.15, -0.1) is 0 Å². The summed E-state index contributed by atoms with van der Waals surface area (Å²) in [6, 6.07) is 2.36. The van der Waals surface area contributed by atoms with Crippen LogP contribution >= 0.6 is 0 Å². The summed E-state index contributed by atoms with van der Waals surface area (Å²) < 4.78 is 0. The number of hydrogen-bond donors (Lipinski definition) is 1. The fourth-order valence-electron chi connectivity index (χ4n) is 1.99. The fourth-order valence-corrected chi connectivity index (χ4v) is 1.99. The summed E-state index contributed by atoms with van der Waals surface area (Å²) in [5, 5.41) is 3.46. The van der Waals surface area contributed by atoms with Crippen LogP contribution in [0.15, 0.2) is 12.3 Å². The Bertz CT molecular complexity index is 334. The highest BCUT2D eigenvalue weighted by molar-refractivity contribution is 5.41. The standard InChI is InChI=1S/C13H24N4/c1-6-11(7-2)10(3)15-12-8-9-14-13(16-12)17(4)5/h8-11H,6-7H2,1-5H3,(H,14,15,16). The average Bonchev–Trinajstić information content (AvgIpc) is 2.30. The van der Waals surface area contributed by atoms with Crippen molar-refractivity contribution >= 4 is 11.8 Å². The molecule has 1 heterocycles. The Labute approximate surface area is 104 Å². The molecule has 1 unspecified atom stereocenters. The molecule has 1 rings (SSSR count). The molecule has 0 fully saturated rings. The fraction of sp³-hybridized carbons (Fsp3) is 0.692. The Morgan fingerprint density at radius 1 is 1.29 bits per heavy atom. The molecule has 1 aromatic heterocycles. The van der Waals surface area contributed by atoms with E-state index in [-0.39, 0.29) is 0 Å². The second-order valence-electron chi connectivity index (χ2n) is 4.65. The van der Waals surface area contributed by atoms with E-state index in [2.05, 4.69) is 36.1 Å². The Kier molecular flexibility index (Phi) is 5.19. The molecule has 1 N–H and O–H groups in total. The minimum Gasteiger partial charge on any atom is -0.367 e. The second-order valence-corrected chi connectivity index (χ2v) is 4.65. The highest BCUT2D eigenvalue weighted by atomic mass is 15.2. The zero-order valence-corrected chi connectivity index (χ0v) is 11.6. The van der Waals surface area contributed by atoms with E-state index in [0.717, 1.165) is 11.8 Å². The molecule has 0 radical (unpaired) electrons. The third-order valence-corrected chi connectivity index (χ3v) is 3.17. The first kappa shape index (κ1) is 13.7. The summed E-state index contributed by atoms with van der Waals surface area (Å²) in [5.74, 6) is 2.34. The van der Waals surface area contributed by atoms with Gasteiger partial charge >= 0.3 is 0 Å². The van der Waals surface area contributed by atoms with Crippen molar-refractivity contribution in [1.82, 2.24) is 9.97 Å². The normalized spacial score (nSPS) is 12.6. The smallest absolute Gasteiger partial charge is 0.226 e. The van der Waals surface area contributed by atoms with Crippen LogP contribution in [0.5, 0.6) is 0 Å². The van der Waals surface area contributed by atoms with E-state index in [9.17, 15) is 0 Å². The van der Waals surface area contributed by atoms with Crippen LogP contribution in [-0.4, -0.2) is 30.1 Å². The zero-order valence-electron chi connectivity index (χ0n) is 11.6. The van der Waals surface area contributed by atoms with Crippen LogP contribution in [0.1, 0.15) is 33.6 Å². The first-order chi connectivity index (χ1) is 8.08. The molecular formula is C13H24N4. The van der Waals surface area contributed by atoms with Crippen LogP contribution in [0.25, 0.3) is 0 Å². The number of nitrogens with one attached hydrogen (secondary N) is 1. The number of rotatable bonds is 6. The van der Waals surface area contributed by atoms with Crippen molar-refractivity contribution in [2.24, 2.45) is 5.92 Å². The average molecular weight is 236 g/mol. The van der Waals surface area contributed by atoms with E-state index in [1.807, 2.05) is 25.1 Å². The Morgan fingerprint density at radius 3 is 2.47 bits per heavy atom. The van der Waals surface area contributed by atoms with Crippen molar-refractivity contribution in [2.45, 2.75) is 39.7 Å². The molecule has 0 aliphatic heterocycles. The maximum Gasteiger partial charge on any atom is 0.226 e. The quantitative estimate of drug-likeness (QED) is 0.824. The van der Waals surface area contributed by atoms with Crippen LogP contribution in [0.2, 0.25) is 0 Å². The molecule has 1 aromatic rings. The molecule has 1 atom stereocenters. The predicted octanol–water partition coefficient (Wildman–Crippen LogP) is 2.78. The summed E-state index contributed by atoms with van der Waals surface area (Å²) in [7, 11) is 3.90. The molecule has 0 aromatic carbocycles. The van der Waals surface area contributed by atoms with E-state index < -0.39 is 0 Å². The second kappa shape index (κ2) is 6.42. The van der Waals surface area contributed by atoms with Gasteiger partial charge in [-0.2, -0.15) is 4.98 Å². The van der Waals surface area contributed by atoms with Crippen molar-refractivity contribution in [3.63, 3.8) is 0 Å². The summed E-state index contributed by atoms with van der Waals surface area (Å²) in [4.78, 5) is 10.6. The Morgan fingerprint density at radius 2 is 1.94 bits per heavy atom. The number of hydrogen-bond acceptors (Lipinski definition) is 4. The van der Waals surface area contributed by atoms with Crippen molar-refractivity contribution in [1.29, 1.82) is 0 Å². The molecule has 0 aliphatic carbocycles. The van der Waals surface area contributed by atoms with Crippen molar-refractivity contribution in [3.8, 4) is 0 Å². The first-order valence-electron chi connectivity index (χ1n) is 6.35. The molecule has 0 aliphatic rings. The van der Waals surface area contributed by atoms with E-state index >= 15 is 0 Å². The van der Waals surface area contributed by atoms with Crippen LogP contribution in [0.4, 0.5) is 11.8 Å². The van der Waals surface area contributed by atoms with Crippen LogP contribution in [0, 0.1) is 5.92 Å². The van der Waals surface area contributed by atoms with Gasteiger partial charge in [0.05, 0.1) is 0 Å². The third-order valence-electron chi connectivity index (χ3n) is 3.17. The molecule has 0 amide bonds. The van der Waals surface area contributed by atoms with Gasteiger partial charge in [0.15, 0.2) is 0 Å². The monoisotopic (exact) mass is 236 g/mol. The molecule has 96 valence electrons. The minimum absolute atomic E-state index is 0.440. The van der Waals surface area contributed by atoms with Gasteiger partial charge in [0.1, 0.15) is 5.82 Å². The topological polar surface area (TPSA) is 41.1 Å². The lowest BCUT2D eigenvalue weighted by Gasteiger charge is -2.23. The third kappa shape index (κ3) is 3.88. The first-order valence-corrected chi connectivity index (χ1v) is 6.35. The zero-order chi connectivity index (χ0) is 12.8. The molecular weight excluding hydrogens is 212 g/mol. The van der Waals surface area contributed by atoms with E-state index in [4.69, 9.17) is 0 Å². The van der Waals surface area contributed by atoms with Gasteiger partial charge in [0.2, 0.25) is 5.95 Å². The van der Waals surface area contributed by atoms with Gasteiger partial charge in [-0.05, 0) is 18.9 Å². The number of aromatic nitrogens is 2. The van der Waals surface area contributed by atoms with Crippen LogP contribution in [-0.2, 0) is 0 Å². The molecule has 0 spiro atoms. The largest absolute Gasteiger partial charge is 0.367 e. The minimum atomic E-state index is 0.440. The molecule has 4 nitrogen and oxygen atoms in total. The van der Waals surface area contributed by atoms with Gasteiger partial charge in [-0.25, -0.2) is 4.98 Å². The van der Waals surface area contributed by atoms with Crippen LogP contribution in [0.3, 0.4) is 0 Å². The summed E-state index contributed by atoms with van der Waals surface area (Å²) in [5.41, 5.74) is 0. The summed E-state index contributed by atoms with van der Waals surface area (Å²) >= 11 is 0. The highest BCUT2D eigenvalue weighted by Crippen LogP contribution is 2.17. The Hall–Kier alpha value is -1.32. The SMILES string of the molecule is CCC(CC)C(C)Nc1ccnc(N(C)C)n1. The van der Waals surface area contributed by atoms with Crippen molar-refractivity contribution in [2.75, 3.05) is 24.3 Å². The summed E-state index contributed by atoms with van der Waals surface area (Å²) in [6.07, 6.45) is 4.18. The maximum atomic E-state index is 4.47. The molecule has 0 saturated heterocycles. The van der Waals surface area contributed by atoms with Gasteiger partial charge in [-0.3, -0.25) is 0 Å². The lowest BCUT2D eigenvalue weighted by atomic mass is 9.95. The van der Waals surface area contributed by atoms with Crippen LogP contribution < -0.4 is 10.2 Å². The number of anilines is 2. The molecule has 4 heteroatoms. The molecule has 0 bridgehead atoms. The van der Waals surface area contributed by atoms with Gasteiger partial charge < -0.3 is 10.2 Å². The van der Waals surface area contributed by atoms with Gasteiger partial charge in [-0.1, -0.05) is 26.7 Å². The lowest BCUT2D eigenvalue weighted by molar-refractivity contribution is 0.437. The van der Waals surface area contributed by atoms with Crippen molar-refractivity contribution in [3.05, 3.63) is 12.3 Å². The van der Waals surface area contributed by atoms with Crippen molar-refractivity contribution < 1.29 is 0 Å². The molecule has 0 saturated carbocycles. The maximum absolute atomic E-state index is 4.47. The van der Waals surface area contributed by atoms with E-state index in [1.165, 1.54) is 12.8 Å². The summed E-state index contributed by atoms with van der Waals surface area (Å²) in [6.45, 7) is 6.68. The Balaban J connectivity index is 2.70. The molecule has 17 heavy (non-hydrogen) atoms. The van der Waals surface area contributed by atoms with Gasteiger partial charge in [0.25, 0.3) is 0 Å². The lowest BCUT2D eigenvalue weighted by Crippen LogP contribution is -2.26. The highest BCUT2D eigenvalue weighted by Gasteiger charge is 2.13. The van der Waals surface area contributed by atoms with E-state index in [1.54, 1.807) is 6.20 Å². The van der Waals surface area contributed by atoms with Gasteiger partial charge in [0, 0.05) is 26.3 Å². The number of nitrogens with zero attached hydrogens (tertiary/aromatic N) is 3.